The zero-order valence-electron chi connectivity index (χ0n) is 18.2. The van der Waals surface area contributed by atoms with Crippen LogP contribution in [-0.2, 0) is 11.3 Å². The SMILES string of the molecule is C/C(CN1C(=O)c2ccccc2C1=O)=N\NC(=O)C1CCN(Cc2ccc(F)cc2Cl)CC1. The Morgan fingerprint density at radius 1 is 1.12 bits per heavy atom. The molecule has 2 aliphatic heterocycles. The zero-order valence-corrected chi connectivity index (χ0v) is 18.9. The summed E-state index contributed by atoms with van der Waals surface area (Å²) in [6, 6.07) is 11.1. The summed E-state index contributed by atoms with van der Waals surface area (Å²) in [5.74, 6) is -1.44. The molecule has 7 nitrogen and oxygen atoms in total. The van der Waals surface area contributed by atoms with Crippen LogP contribution in [0.2, 0.25) is 5.02 Å². The van der Waals surface area contributed by atoms with E-state index in [1.165, 1.54) is 12.1 Å². The first-order valence-electron chi connectivity index (χ1n) is 10.8. The Labute approximate surface area is 196 Å². The maximum Gasteiger partial charge on any atom is 0.261 e. The van der Waals surface area contributed by atoms with Crippen molar-refractivity contribution in [3.8, 4) is 0 Å². The number of hydrazone groups is 1. The molecule has 0 radical (unpaired) electrons. The quantitative estimate of drug-likeness (QED) is 0.398. The molecular formula is C24H24ClFN4O3. The number of hydrogen-bond acceptors (Lipinski definition) is 5. The summed E-state index contributed by atoms with van der Waals surface area (Å²) < 4.78 is 13.2. The normalized spacial score (nSPS) is 17.4. The van der Waals surface area contributed by atoms with Crippen LogP contribution in [0.3, 0.4) is 0 Å². The fraction of sp³-hybridized carbons (Fsp3) is 0.333. The summed E-state index contributed by atoms with van der Waals surface area (Å²) in [6.07, 6.45) is 1.33. The first-order valence-corrected chi connectivity index (χ1v) is 11.2. The molecule has 0 bridgehead atoms. The number of amides is 3. The third-order valence-electron chi connectivity index (χ3n) is 5.99. The highest BCUT2D eigenvalue weighted by molar-refractivity contribution is 6.31. The van der Waals surface area contributed by atoms with Gasteiger partial charge in [0.1, 0.15) is 5.82 Å². The summed E-state index contributed by atoms with van der Waals surface area (Å²) in [5, 5.41) is 4.51. The van der Waals surface area contributed by atoms with Crippen molar-refractivity contribution >= 4 is 35.0 Å². The minimum atomic E-state index is -0.363. The maximum atomic E-state index is 13.2. The molecule has 2 aromatic rings. The van der Waals surface area contributed by atoms with Crippen LogP contribution in [0.15, 0.2) is 47.6 Å². The van der Waals surface area contributed by atoms with Gasteiger partial charge in [-0.05, 0) is 62.7 Å². The van der Waals surface area contributed by atoms with Gasteiger partial charge in [-0.15, -0.1) is 0 Å². The highest BCUT2D eigenvalue weighted by atomic mass is 35.5. The van der Waals surface area contributed by atoms with Gasteiger partial charge in [-0.25, -0.2) is 9.82 Å². The van der Waals surface area contributed by atoms with Gasteiger partial charge < -0.3 is 0 Å². The maximum absolute atomic E-state index is 13.2. The van der Waals surface area contributed by atoms with Crippen molar-refractivity contribution in [3.05, 3.63) is 70.0 Å². The number of hydrogen-bond donors (Lipinski definition) is 1. The molecule has 33 heavy (non-hydrogen) atoms. The topological polar surface area (TPSA) is 82.1 Å². The van der Waals surface area contributed by atoms with Crippen LogP contribution in [0.4, 0.5) is 4.39 Å². The molecule has 9 heteroatoms. The number of rotatable bonds is 6. The van der Waals surface area contributed by atoms with Crippen molar-refractivity contribution in [2.75, 3.05) is 19.6 Å². The number of nitrogens with zero attached hydrogens (tertiary/aromatic N) is 3. The van der Waals surface area contributed by atoms with E-state index in [-0.39, 0.29) is 36.0 Å². The lowest BCUT2D eigenvalue weighted by atomic mass is 9.96. The number of piperidine rings is 1. The lowest BCUT2D eigenvalue weighted by molar-refractivity contribution is -0.126. The van der Waals surface area contributed by atoms with E-state index >= 15 is 0 Å². The minimum absolute atomic E-state index is 0.0174. The van der Waals surface area contributed by atoms with Crippen LogP contribution in [-0.4, -0.2) is 52.9 Å². The Morgan fingerprint density at radius 3 is 2.36 bits per heavy atom. The second-order valence-electron chi connectivity index (χ2n) is 8.35. The van der Waals surface area contributed by atoms with Crippen LogP contribution < -0.4 is 5.43 Å². The molecular weight excluding hydrogens is 447 g/mol. The number of fused-ring (bicyclic) bond motifs is 1. The molecule has 0 atom stereocenters. The molecule has 1 N–H and O–H groups in total. The van der Waals surface area contributed by atoms with Gasteiger partial charge in [-0.2, -0.15) is 5.10 Å². The molecule has 0 saturated carbocycles. The van der Waals surface area contributed by atoms with Crippen molar-refractivity contribution < 1.29 is 18.8 Å². The molecule has 0 spiro atoms. The monoisotopic (exact) mass is 470 g/mol. The van der Waals surface area contributed by atoms with E-state index in [0.29, 0.717) is 54.3 Å². The Balaban J connectivity index is 1.26. The van der Waals surface area contributed by atoms with E-state index in [0.717, 1.165) is 10.5 Å². The van der Waals surface area contributed by atoms with Gasteiger partial charge in [-0.1, -0.05) is 29.8 Å². The number of carbonyl (C=O) groups excluding carboxylic acids is 3. The summed E-state index contributed by atoms with van der Waals surface area (Å²) in [5.41, 5.74) is 4.66. The minimum Gasteiger partial charge on any atom is -0.299 e. The predicted molar refractivity (Wildman–Crippen MR) is 122 cm³/mol. The van der Waals surface area contributed by atoms with Crippen molar-refractivity contribution in [2.45, 2.75) is 26.3 Å². The van der Waals surface area contributed by atoms with Crippen LogP contribution in [0.5, 0.6) is 0 Å². The molecule has 3 amide bonds. The Kier molecular flexibility index (Phi) is 6.85. The van der Waals surface area contributed by atoms with Gasteiger partial charge in [-0.3, -0.25) is 24.2 Å². The van der Waals surface area contributed by atoms with Crippen LogP contribution in [0.1, 0.15) is 46.0 Å². The van der Waals surface area contributed by atoms with Crippen LogP contribution >= 0.6 is 11.6 Å². The molecule has 1 saturated heterocycles. The lowest BCUT2D eigenvalue weighted by Crippen LogP contribution is -2.39. The molecule has 0 aromatic heterocycles. The highest BCUT2D eigenvalue weighted by Crippen LogP contribution is 2.24. The van der Waals surface area contributed by atoms with Crippen molar-refractivity contribution in [3.63, 3.8) is 0 Å². The smallest absolute Gasteiger partial charge is 0.261 e. The second-order valence-corrected chi connectivity index (χ2v) is 8.76. The van der Waals surface area contributed by atoms with E-state index in [1.54, 1.807) is 37.3 Å². The summed E-state index contributed by atoms with van der Waals surface area (Å²) in [6.45, 7) is 3.71. The third-order valence-corrected chi connectivity index (χ3v) is 6.34. The fourth-order valence-corrected chi connectivity index (χ4v) is 4.36. The average Bonchev–Trinajstić information content (AvgIpc) is 3.05. The number of benzene rings is 2. The molecule has 172 valence electrons. The first-order chi connectivity index (χ1) is 15.8. The van der Waals surface area contributed by atoms with Gasteiger partial charge in [0.25, 0.3) is 11.8 Å². The molecule has 0 aliphatic carbocycles. The van der Waals surface area contributed by atoms with Crippen LogP contribution in [0.25, 0.3) is 0 Å². The van der Waals surface area contributed by atoms with E-state index < -0.39 is 0 Å². The third kappa shape index (κ3) is 5.12. The van der Waals surface area contributed by atoms with Gasteiger partial charge >= 0.3 is 0 Å². The number of halogens is 2. The molecule has 1 fully saturated rings. The molecule has 0 unspecified atom stereocenters. The lowest BCUT2D eigenvalue weighted by Gasteiger charge is -2.31. The van der Waals surface area contributed by atoms with Gasteiger partial charge in [0, 0.05) is 17.5 Å². The number of carbonyl (C=O) groups is 3. The van der Waals surface area contributed by atoms with Crippen molar-refractivity contribution in [1.82, 2.24) is 15.2 Å². The average molecular weight is 471 g/mol. The second kappa shape index (κ2) is 9.80. The van der Waals surface area contributed by atoms with Crippen molar-refractivity contribution in [1.29, 1.82) is 0 Å². The molecule has 2 aliphatic rings. The van der Waals surface area contributed by atoms with Crippen molar-refractivity contribution in [2.24, 2.45) is 11.0 Å². The molecule has 4 rings (SSSR count). The molecule has 2 heterocycles. The van der Waals surface area contributed by atoms with Gasteiger partial charge in [0.2, 0.25) is 5.91 Å². The van der Waals surface area contributed by atoms with Gasteiger partial charge in [0.05, 0.1) is 23.4 Å². The number of imide groups is 1. The summed E-state index contributed by atoms with van der Waals surface area (Å²) in [4.78, 5) is 40.8. The zero-order chi connectivity index (χ0) is 23.5. The molecule has 2 aromatic carbocycles. The summed E-state index contributed by atoms with van der Waals surface area (Å²) in [7, 11) is 0. The highest BCUT2D eigenvalue weighted by Gasteiger charge is 2.35. The Bertz CT molecular complexity index is 1090. The summed E-state index contributed by atoms with van der Waals surface area (Å²) >= 11 is 6.11. The standard InChI is InChI=1S/C24H24ClFN4O3/c1-15(13-30-23(32)19-4-2-3-5-20(19)24(30)33)27-28-22(31)16-8-10-29(11-9-16)14-17-6-7-18(26)12-21(17)25/h2-7,12,16H,8-11,13-14H2,1H3,(H,28,31)/b27-15+. The van der Waals surface area contributed by atoms with E-state index in [9.17, 15) is 18.8 Å². The fourth-order valence-electron chi connectivity index (χ4n) is 4.13. The largest absolute Gasteiger partial charge is 0.299 e. The van der Waals surface area contributed by atoms with E-state index in [1.807, 2.05) is 0 Å². The van der Waals surface area contributed by atoms with E-state index in [2.05, 4.69) is 15.4 Å². The predicted octanol–water partition coefficient (Wildman–Crippen LogP) is 3.48. The van der Waals surface area contributed by atoms with Crippen LogP contribution in [0, 0.1) is 11.7 Å². The first kappa shape index (κ1) is 23.1. The number of likely N-dealkylation sites (tertiary alicyclic amines) is 1. The Morgan fingerprint density at radius 2 is 1.76 bits per heavy atom. The number of nitrogens with one attached hydrogen (secondary N) is 1. The Hall–Kier alpha value is -3.10. The van der Waals surface area contributed by atoms with E-state index in [4.69, 9.17) is 11.6 Å². The van der Waals surface area contributed by atoms with Gasteiger partial charge in [0.15, 0.2) is 0 Å².